The van der Waals surface area contributed by atoms with Crippen LogP contribution in [0.15, 0.2) is 25.3 Å². The van der Waals surface area contributed by atoms with E-state index in [0.29, 0.717) is 0 Å². The molecule has 0 aliphatic heterocycles. The Morgan fingerprint density at radius 2 is 2.22 bits per heavy atom. The Bertz CT molecular complexity index is 469. The lowest BCUT2D eigenvalue weighted by molar-refractivity contribution is 0.0958. The van der Waals surface area contributed by atoms with Crippen LogP contribution in [0, 0.1) is 18.2 Å². The fourth-order valence-electron chi connectivity index (χ4n) is 1.07. The maximum Gasteiger partial charge on any atom is 0.254 e. The summed E-state index contributed by atoms with van der Waals surface area (Å²) in [4.78, 5) is 11.3. The molecule has 0 unspecified atom stereocenters. The lowest BCUT2D eigenvalue weighted by atomic mass is 10.2. The van der Waals surface area contributed by atoms with Gasteiger partial charge in [0.1, 0.15) is 18.2 Å². The monoisotopic (exact) mass is 269 g/mol. The van der Waals surface area contributed by atoms with Crippen LogP contribution in [0.4, 0.5) is 4.39 Å². The molecule has 1 rings (SSSR count). The molecule has 1 aromatic rings. The number of terminal acetylenes is 1. The van der Waals surface area contributed by atoms with Gasteiger partial charge in [-0.2, -0.15) is 0 Å². The van der Waals surface area contributed by atoms with Crippen molar-refractivity contribution in [2.24, 2.45) is 0 Å². The van der Waals surface area contributed by atoms with E-state index in [0.717, 1.165) is 6.07 Å². The van der Waals surface area contributed by atoms with Crippen LogP contribution in [-0.2, 0) is 0 Å². The molecule has 3 nitrogen and oxygen atoms in total. The maximum absolute atomic E-state index is 13.3. The molecule has 0 saturated carbocycles. The van der Waals surface area contributed by atoms with Crippen molar-refractivity contribution in [1.82, 2.24) is 5.32 Å². The van der Waals surface area contributed by atoms with Crippen LogP contribution >= 0.6 is 11.6 Å². The molecule has 0 radical (unpaired) electrons. The summed E-state index contributed by atoms with van der Waals surface area (Å²) >= 11 is 5.72. The summed E-state index contributed by atoms with van der Waals surface area (Å²) in [5.74, 6) is 1.16. The van der Waals surface area contributed by atoms with Crippen LogP contribution in [0.2, 0.25) is 5.02 Å². The third-order valence-electron chi connectivity index (χ3n) is 1.80. The number of amides is 1. The molecule has 18 heavy (non-hydrogen) atoms. The minimum atomic E-state index is -0.711. The molecule has 0 atom stereocenters. The second kappa shape index (κ2) is 8.15. The molecule has 5 heteroatoms. The van der Waals surface area contributed by atoms with E-state index >= 15 is 0 Å². The predicted octanol–water partition coefficient (Wildman–Crippen LogP) is 2.65. The number of nitrogens with one attached hydrogen (secondary N) is 1. The van der Waals surface area contributed by atoms with Gasteiger partial charge in [-0.25, -0.2) is 4.39 Å². The highest BCUT2D eigenvalue weighted by Crippen LogP contribution is 2.27. The second-order valence-corrected chi connectivity index (χ2v) is 3.24. The minimum absolute atomic E-state index is 0.00145. The van der Waals surface area contributed by atoms with Gasteiger partial charge >= 0.3 is 0 Å². The van der Waals surface area contributed by atoms with Crippen LogP contribution in [0.3, 0.4) is 0 Å². The van der Waals surface area contributed by atoms with E-state index in [1.165, 1.54) is 13.1 Å². The van der Waals surface area contributed by atoms with Crippen LogP contribution < -0.4 is 10.1 Å². The summed E-state index contributed by atoms with van der Waals surface area (Å²) < 4.78 is 18.4. The molecular weight excluding hydrogens is 257 g/mol. The molecule has 1 N–H and O–H groups in total. The molecule has 0 spiro atoms. The molecule has 96 valence electrons. The SMILES string of the molecule is C#CCOc1cc(C(=O)NC)c(F)cc1Cl.C=C. The first-order valence-electron chi connectivity index (χ1n) is 4.87. The van der Waals surface area contributed by atoms with Crippen LogP contribution in [0.1, 0.15) is 10.4 Å². The van der Waals surface area contributed by atoms with Gasteiger partial charge in [-0.15, -0.1) is 19.6 Å². The minimum Gasteiger partial charge on any atom is -0.479 e. The number of halogens is 2. The van der Waals surface area contributed by atoms with Crippen molar-refractivity contribution in [3.8, 4) is 18.1 Å². The molecule has 1 amide bonds. The van der Waals surface area contributed by atoms with Gasteiger partial charge in [0.15, 0.2) is 0 Å². The predicted molar refractivity (Wildman–Crippen MR) is 70.4 cm³/mol. The number of hydrogen-bond acceptors (Lipinski definition) is 2. The number of carbonyl (C=O) groups is 1. The molecule has 0 bridgehead atoms. The molecule has 0 aliphatic rings. The van der Waals surface area contributed by atoms with Gasteiger partial charge in [-0.05, 0) is 12.1 Å². The van der Waals surface area contributed by atoms with Gasteiger partial charge in [0.05, 0.1) is 10.6 Å². The zero-order valence-electron chi connectivity index (χ0n) is 9.93. The molecule has 0 aromatic heterocycles. The Labute approximate surface area is 111 Å². The Balaban J connectivity index is 0.00000137. The second-order valence-electron chi connectivity index (χ2n) is 2.83. The van der Waals surface area contributed by atoms with E-state index in [1.54, 1.807) is 0 Å². The number of rotatable bonds is 3. The average molecular weight is 270 g/mol. The lowest BCUT2D eigenvalue weighted by Gasteiger charge is -2.08. The van der Waals surface area contributed by atoms with E-state index in [9.17, 15) is 9.18 Å². The zero-order valence-corrected chi connectivity index (χ0v) is 10.7. The topological polar surface area (TPSA) is 38.3 Å². The average Bonchev–Trinajstić information content (AvgIpc) is 2.39. The number of benzene rings is 1. The van der Waals surface area contributed by atoms with Crippen LogP contribution in [0.25, 0.3) is 0 Å². The standard InChI is InChI=1S/C11H9ClFNO2.C2H4/c1-3-4-16-10-5-7(11(15)14-2)9(13)6-8(10)12;1-2/h1,5-6H,4H2,2H3,(H,14,15);1-2H2. The Hall–Kier alpha value is -1.99. The van der Waals surface area contributed by atoms with Crippen molar-refractivity contribution >= 4 is 17.5 Å². The summed E-state index contributed by atoms with van der Waals surface area (Å²) in [5, 5.41) is 2.38. The number of hydrogen-bond donors (Lipinski definition) is 1. The van der Waals surface area contributed by atoms with Crippen molar-refractivity contribution in [2.45, 2.75) is 0 Å². The normalized spacial score (nSPS) is 8.56. The first-order valence-corrected chi connectivity index (χ1v) is 5.25. The number of ether oxygens (including phenoxy) is 1. The van der Waals surface area contributed by atoms with E-state index in [2.05, 4.69) is 24.4 Å². The van der Waals surface area contributed by atoms with Crippen molar-refractivity contribution < 1.29 is 13.9 Å². The molecule has 1 aromatic carbocycles. The van der Waals surface area contributed by atoms with Crippen molar-refractivity contribution in [3.63, 3.8) is 0 Å². The summed E-state index contributed by atoms with van der Waals surface area (Å²) in [6.45, 7) is 6.00. The largest absolute Gasteiger partial charge is 0.479 e. The van der Waals surface area contributed by atoms with Crippen LogP contribution in [-0.4, -0.2) is 19.6 Å². The zero-order chi connectivity index (χ0) is 14.1. The number of carbonyl (C=O) groups excluding carboxylic acids is 1. The lowest BCUT2D eigenvalue weighted by Crippen LogP contribution is -2.19. The highest BCUT2D eigenvalue weighted by Gasteiger charge is 2.14. The van der Waals surface area contributed by atoms with Gasteiger partial charge < -0.3 is 10.1 Å². The highest BCUT2D eigenvalue weighted by molar-refractivity contribution is 6.32. The smallest absolute Gasteiger partial charge is 0.254 e. The summed E-state index contributed by atoms with van der Waals surface area (Å²) in [6, 6.07) is 2.23. The van der Waals surface area contributed by atoms with Gasteiger partial charge in [0, 0.05) is 7.05 Å². The van der Waals surface area contributed by atoms with Crippen LogP contribution in [0.5, 0.6) is 5.75 Å². The third-order valence-corrected chi connectivity index (χ3v) is 2.10. The van der Waals surface area contributed by atoms with E-state index in [4.69, 9.17) is 22.8 Å². The molecule has 0 aliphatic carbocycles. The molecular formula is C13H13ClFNO2. The van der Waals surface area contributed by atoms with Crippen molar-refractivity contribution in [1.29, 1.82) is 0 Å². The Kier molecular flexibility index (Phi) is 7.25. The maximum atomic E-state index is 13.3. The quantitative estimate of drug-likeness (QED) is 0.677. The first-order chi connectivity index (χ1) is 8.60. The molecule has 0 saturated heterocycles. The summed E-state index contributed by atoms with van der Waals surface area (Å²) in [5.41, 5.74) is -0.140. The fourth-order valence-corrected chi connectivity index (χ4v) is 1.27. The summed E-state index contributed by atoms with van der Waals surface area (Å²) in [6.07, 6.45) is 5.01. The van der Waals surface area contributed by atoms with Gasteiger partial charge in [0.25, 0.3) is 5.91 Å². The highest BCUT2D eigenvalue weighted by atomic mass is 35.5. The Morgan fingerprint density at radius 3 is 2.72 bits per heavy atom. The van der Waals surface area contributed by atoms with Gasteiger partial charge in [0.2, 0.25) is 0 Å². The fraction of sp³-hybridized carbons (Fsp3) is 0.154. The van der Waals surface area contributed by atoms with E-state index in [-0.39, 0.29) is 22.9 Å². The Morgan fingerprint density at radius 1 is 1.61 bits per heavy atom. The summed E-state index contributed by atoms with van der Waals surface area (Å²) in [7, 11) is 1.40. The van der Waals surface area contributed by atoms with E-state index in [1.807, 2.05) is 0 Å². The van der Waals surface area contributed by atoms with Gasteiger partial charge in [-0.1, -0.05) is 17.5 Å². The molecule has 0 heterocycles. The molecule has 0 fully saturated rings. The third kappa shape index (κ3) is 4.11. The first kappa shape index (κ1) is 16.0. The van der Waals surface area contributed by atoms with Gasteiger partial charge in [-0.3, -0.25) is 4.79 Å². The van der Waals surface area contributed by atoms with E-state index < -0.39 is 11.7 Å². The van der Waals surface area contributed by atoms with Crippen molar-refractivity contribution in [2.75, 3.05) is 13.7 Å². The van der Waals surface area contributed by atoms with Crippen molar-refractivity contribution in [3.05, 3.63) is 41.7 Å².